The van der Waals surface area contributed by atoms with Gasteiger partial charge in [-0.15, -0.1) is 0 Å². The van der Waals surface area contributed by atoms with Crippen LogP contribution in [0.4, 0.5) is 14.6 Å². The molecule has 0 aliphatic carbocycles. The normalized spacial score (nSPS) is 17.4. The van der Waals surface area contributed by atoms with Crippen LogP contribution in [0.1, 0.15) is 54.0 Å². The predicted octanol–water partition coefficient (Wildman–Crippen LogP) is 3.78. The largest absolute Gasteiger partial charge is 0.354 e. The van der Waals surface area contributed by atoms with Crippen LogP contribution in [0.2, 0.25) is 0 Å². The summed E-state index contributed by atoms with van der Waals surface area (Å²) in [5.74, 6) is 0.596. The molecule has 2 aromatic heterocycles. The number of carbonyl (C=O) groups excluding carboxylic acids is 1. The molecule has 0 saturated carbocycles. The molecule has 1 saturated heterocycles. The number of ketones is 1. The number of pyridine rings is 2. The Hall–Kier alpha value is -2.41. The Morgan fingerprint density at radius 3 is 2.79 bits per heavy atom. The number of anilines is 1. The van der Waals surface area contributed by atoms with Crippen molar-refractivity contribution in [1.29, 1.82) is 0 Å². The standard InChI is InChI=1S/C21H26F2N4O/c1-13(2)11-15-12-27(10-9-25-15)18-7-6-17(21(22)23)19(26-18)20(28)16-5-4-8-24-14(16)3/h4-8,13,15,21,25H,9-12H2,1-3H3/t15-/m0/s1. The van der Waals surface area contributed by atoms with Crippen molar-refractivity contribution in [3.05, 3.63) is 53.0 Å². The first kappa shape index (κ1) is 20.3. The third kappa shape index (κ3) is 4.52. The van der Waals surface area contributed by atoms with Crippen LogP contribution in [0.5, 0.6) is 0 Å². The van der Waals surface area contributed by atoms with E-state index >= 15 is 0 Å². The van der Waals surface area contributed by atoms with Crippen molar-refractivity contribution in [3.8, 4) is 0 Å². The zero-order chi connectivity index (χ0) is 20.3. The lowest BCUT2D eigenvalue weighted by atomic mass is 10.0. The van der Waals surface area contributed by atoms with Crippen molar-refractivity contribution in [3.63, 3.8) is 0 Å². The summed E-state index contributed by atoms with van der Waals surface area (Å²) in [6.45, 7) is 8.27. The van der Waals surface area contributed by atoms with Crippen LogP contribution in [0, 0.1) is 12.8 Å². The highest BCUT2D eigenvalue weighted by atomic mass is 19.3. The number of aromatic nitrogens is 2. The molecule has 1 aliphatic heterocycles. The van der Waals surface area contributed by atoms with Crippen LogP contribution >= 0.6 is 0 Å². The van der Waals surface area contributed by atoms with E-state index < -0.39 is 12.2 Å². The number of carbonyl (C=O) groups is 1. The van der Waals surface area contributed by atoms with Crippen LogP contribution < -0.4 is 10.2 Å². The van der Waals surface area contributed by atoms with Gasteiger partial charge in [0.25, 0.3) is 6.43 Å². The van der Waals surface area contributed by atoms with Crippen molar-refractivity contribution < 1.29 is 13.6 Å². The lowest BCUT2D eigenvalue weighted by Gasteiger charge is -2.35. The van der Waals surface area contributed by atoms with Crippen molar-refractivity contribution in [1.82, 2.24) is 15.3 Å². The van der Waals surface area contributed by atoms with E-state index in [0.29, 0.717) is 29.0 Å². The summed E-state index contributed by atoms with van der Waals surface area (Å²) in [4.78, 5) is 23.5. The molecular formula is C21H26F2N4O. The van der Waals surface area contributed by atoms with Gasteiger partial charge in [-0.2, -0.15) is 0 Å². The molecule has 3 rings (SSSR count). The van der Waals surface area contributed by atoms with E-state index in [1.54, 1.807) is 31.3 Å². The summed E-state index contributed by atoms with van der Waals surface area (Å²) in [5, 5.41) is 3.49. The molecule has 0 bridgehead atoms. The summed E-state index contributed by atoms with van der Waals surface area (Å²) >= 11 is 0. The number of rotatable bonds is 6. The average molecular weight is 388 g/mol. The number of halogens is 2. The maximum atomic E-state index is 13.6. The lowest BCUT2D eigenvalue weighted by molar-refractivity contribution is 0.101. The van der Waals surface area contributed by atoms with Gasteiger partial charge in [-0.1, -0.05) is 13.8 Å². The smallest absolute Gasteiger partial charge is 0.266 e. The first-order valence-corrected chi connectivity index (χ1v) is 9.60. The van der Waals surface area contributed by atoms with Crippen LogP contribution in [0.15, 0.2) is 30.5 Å². The summed E-state index contributed by atoms with van der Waals surface area (Å²) in [7, 11) is 0. The Morgan fingerprint density at radius 2 is 2.11 bits per heavy atom. The summed E-state index contributed by atoms with van der Waals surface area (Å²) < 4.78 is 27.1. The monoisotopic (exact) mass is 388 g/mol. The van der Waals surface area contributed by atoms with Gasteiger partial charge in [-0.25, -0.2) is 13.8 Å². The molecule has 1 fully saturated rings. The maximum absolute atomic E-state index is 13.6. The molecular weight excluding hydrogens is 362 g/mol. The SMILES string of the molecule is Cc1ncccc1C(=O)c1nc(N2CCN[C@@H](CC(C)C)C2)ccc1C(F)F. The van der Waals surface area contributed by atoms with E-state index in [9.17, 15) is 13.6 Å². The van der Waals surface area contributed by atoms with Gasteiger partial charge >= 0.3 is 0 Å². The van der Waals surface area contributed by atoms with Crippen molar-refractivity contribution >= 4 is 11.6 Å². The highest BCUT2D eigenvalue weighted by Crippen LogP contribution is 2.27. The third-order valence-electron chi connectivity index (χ3n) is 4.95. The van der Waals surface area contributed by atoms with Crippen LogP contribution in [-0.4, -0.2) is 41.4 Å². The fraction of sp³-hybridized carbons (Fsp3) is 0.476. The molecule has 28 heavy (non-hydrogen) atoms. The van der Waals surface area contributed by atoms with Crippen molar-refractivity contribution in [2.45, 2.75) is 39.7 Å². The maximum Gasteiger partial charge on any atom is 0.266 e. The molecule has 150 valence electrons. The van der Waals surface area contributed by atoms with Gasteiger partial charge in [0.15, 0.2) is 0 Å². The van der Waals surface area contributed by atoms with Gasteiger partial charge in [0.1, 0.15) is 11.5 Å². The molecule has 7 heteroatoms. The molecule has 5 nitrogen and oxygen atoms in total. The van der Waals surface area contributed by atoms with E-state index in [4.69, 9.17) is 0 Å². The number of nitrogens with one attached hydrogen (secondary N) is 1. The topological polar surface area (TPSA) is 58.1 Å². The number of hydrogen-bond acceptors (Lipinski definition) is 5. The van der Waals surface area contributed by atoms with E-state index in [-0.39, 0.29) is 11.3 Å². The van der Waals surface area contributed by atoms with Crippen LogP contribution in [0.25, 0.3) is 0 Å². The fourth-order valence-corrected chi connectivity index (χ4v) is 3.61. The molecule has 1 aliphatic rings. The molecule has 1 N–H and O–H groups in total. The minimum absolute atomic E-state index is 0.192. The third-order valence-corrected chi connectivity index (χ3v) is 4.95. The molecule has 2 aromatic rings. The molecule has 0 aromatic carbocycles. The van der Waals surface area contributed by atoms with Crippen molar-refractivity contribution in [2.75, 3.05) is 24.5 Å². The molecule has 0 radical (unpaired) electrons. The number of hydrogen-bond donors (Lipinski definition) is 1. The van der Waals surface area contributed by atoms with Gasteiger partial charge in [0.05, 0.1) is 0 Å². The second-order valence-corrected chi connectivity index (χ2v) is 7.60. The van der Waals surface area contributed by atoms with E-state index in [1.807, 2.05) is 0 Å². The van der Waals surface area contributed by atoms with Gasteiger partial charge in [-0.05, 0) is 43.5 Å². The first-order chi connectivity index (χ1) is 13.4. The number of nitrogens with zero attached hydrogens (tertiary/aromatic N) is 3. The lowest BCUT2D eigenvalue weighted by Crippen LogP contribution is -2.51. The van der Waals surface area contributed by atoms with Crippen molar-refractivity contribution in [2.24, 2.45) is 5.92 Å². The van der Waals surface area contributed by atoms with Crippen LogP contribution in [-0.2, 0) is 0 Å². The molecule has 0 amide bonds. The Bertz CT molecular complexity index is 841. The van der Waals surface area contributed by atoms with Crippen LogP contribution in [0.3, 0.4) is 0 Å². The summed E-state index contributed by atoms with van der Waals surface area (Å²) in [6.07, 6.45) is -0.180. The minimum Gasteiger partial charge on any atom is -0.354 e. The Labute approximate surface area is 164 Å². The predicted molar refractivity (Wildman–Crippen MR) is 105 cm³/mol. The van der Waals surface area contributed by atoms with Gasteiger partial charge in [-0.3, -0.25) is 9.78 Å². The average Bonchev–Trinajstić information content (AvgIpc) is 2.67. The van der Waals surface area contributed by atoms with Gasteiger partial charge in [0, 0.05) is 48.7 Å². The minimum atomic E-state index is -2.77. The number of piperazine rings is 1. The highest BCUT2D eigenvalue weighted by molar-refractivity contribution is 6.09. The Morgan fingerprint density at radius 1 is 1.32 bits per heavy atom. The molecule has 0 unspecified atom stereocenters. The Kier molecular flexibility index (Phi) is 6.34. The van der Waals surface area contributed by atoms with E-state index in [2.05, 4.69) is 34.0 Å². The zero-order valence-corrected chi connectivity index (χ0v) is 16.5. The zero-order valence-electron chi connectivity index (χ0n) is 16.5. The van der Waals surface area contributed by atoms with Gasteiger partial charge in [0.2, 0.25) is 5.78 Å². The number of alkyl halides is 2. The molecule has 3 heterocycles. The highest BCUT2D eigenvalue weighted by Gasteiger charge is 2.26. The Balaban J connectivity index is 1.94. The summed E-state index contributed by atoms with van der Waals surface area (Å²) in [5.41, 5.74) is 0.263. The second-order valence-electron chi connectivity index (χ2n) is 7.60. The fourth-order valence-electron chi connectivity index (χ4n) is 3.61. The molecule has 1 atom stereocenters. The molecule has 0 spiro atoms. The van der Waals surface area contributed by atoms with E-state index in [0.717, 1.165) is 26.1 Å². The first-order valence-electron chi connectivity index (χ1n) is 9.60. The van der Waals surface area contributed by atoms with Gasteiger partial charge < -0.3 is 10.2 Å². The summed E-state index contributed by atoms with van der Waals surface area (Å²) in [6, 6.07) is 6.44. The van der Waals surface area contributed by atoms with E-state index in [1.165, 1.54) is 6.07 Å². The number of aryl methyl sites for hydroxylation is 1. The second kappa shape index (κ2) is 8.73. The quantitative estimate of drug-likeness (QED) is 0.764.